The van der Waals surface area contributed by atoms with Gasteiger partial charge in [-0.15, -0.1) is 0 Å². The molecule has 2 aromatic heterocycles. The van der Waals surface area contributed by atoms with Gasteiger partial charge in [-0.1, -0.05) is 152 Å². The van der Waals surface area contributed by atoms with Crippen molar-refractivity contribution in [3.63, 3.8) is 0 Å². The van der Waals surface area contributed by atoms with Crippen LogP contribution in [0.25, 0.3) is 72.8 Å². The Morgan fingerprint density at radius 3 is 1.69 bits per heavy atom. The number of nitrogens with zero attached hydrogens (tertiary/aromatic N) is 5. The molecular formula is C53H31N5O. The summed E-state index contributed by atoms with van der Waals surface area (Å²) < 4.78 is 8.90. The van der Waals surface area contributed by atoms with Gasteiger partial charge in [-0.3, -0.25) is 0 Å². The molecular weight excluding hydrogens is 723 g/mol. The average Bonchev–Trinajstić information content (AvgIpc) is 3.80. The van der Waals surface area contributed by atoms with E-state index in [0.29, 0.717) is 23.0 Å². The molecule has 12 rings (SSSR count). The Hall–Kier alpha value is -8.14. The maximum absolute atomic E-state index is 11.0. The monoisotopic (exact) mass is 753 g/mol. The Bertz CT molecular complexity index is 3280. The highest BCUT2D eigenvalue weighted by molar-refractivity contribution is 6.16. The fraction of sp³-hybridized carbons (Fsp3) is 0.0189. The summed E-state index contributed by atoms with van der Waals surface area (Å²) in [6.07, 6.45) is 0. The normalized spacial score (nSPS) is 13.0. The number of hydrogen-bond donors (Lipinski definition) is 0. The fourth-order valence-corrected chi connectivity index (χ4v) is 9.54. The van der Waals surface area contributed by atoms with Gasteiger partial charge in [0.05, 0.1) is 27.7 Å². The Kier molecular flexibility index (Phi) is 7.11. The van der Waals surface area contributed by atoms with Crippen molar-refractivity contribution >= 4 is 21.8 Å². The second kappa shape index (κ2) is 12.7. The van der Waals surface area contributed by atoms with Crippen LogP contribution in [0.3, 0.4) is 0 Å². The lowest BCUT2D eigenvalue weighted by molar-refractivity contribution is 0.436. The summed E-state index contributed by atoms with van der Waals surface area (Å²) in [7, 11) is 0. The van der Waals surface area contributed by atoms with Crippen molar-refractivity contribution in [3.8, 4) is 68.5 Å². The maximum atomic E-state index is 11.0. The smallest absolute Gasteiger partial charge is 0.164 e. The first-order chi connectivity index (χ1) is 29.2. The summed E-state index contributed by atoms with van der Waals surface area (Å²) >= 11 is 0. The molecule has 10 aromatic rings. The van der Waals surface area contributed by atoms with E-state index in [-0.39, 0.29) is 0 Å². The van der Waals surface area contributed by atoms with Gasteiger partial charge < -0.3 is 9.30 Å². The van der Waals surface area contributed by atoms with E-state index in [2.05, 4.69) is 108 Å². The molecule has 0 radical (unpaired) electrons. The summed E-state index contributed by atoms with van der Waals surface area (Å²) in [5.41, 5.74) is 12.1. The number of rotatable bonds is 4. The summed E-state index contributed by atoms with van der Waals surface area (Å²) in [5, 5.41) is 13.3. The molecule has 6 heteroatoms. The Morgan fingerprint density at radius 2 is 1.03 bits per heavy atom. The van der Waals surface area contributed by atoms with Crippen LogP contribution < -0.4 is 4.74 Å². The van der Waals surface area contributed by atoms with Gasteiger partial charge in [0.1, 0.15) is 17.6 Å². The molecule has 8 aromatic carbocycles. The van der Waals surface area contributed by atoms with Crippen molar-refractivity contribution in [2.45, 2.75) is 5.41 Å². The van der Waals surface area contributed by atoms with E-state index >= 15 is 0 Å². The third-order valence-corrected chi connectivity index (χ3v) is 12.0. The molecule has 0 unspecified atom stereocenters. The van der Waals surface area contributed by atoms with Gasteiger partial charge in [0.2, 0.25) is 0 Å². The summed E-state index contributed by atoms with van der Waals surface area (Å²) in [4.78, 5) is 14.8. The van der Waals surface area contributed by atoms with Crippen LogP contribution in [-0.4, -0.2) is 19.5 Å². The molecule has 0 fully saturated rings. The van der Waals surface area contributed by atoms with Crippen molar-refractivity contribution < 1.29 is 4.74 Å². The summed E-state index contributed by atoms with van der Waals surface area (Å²) in [5.74, 6) is 3.33. The van der Waals surface area contributed by atoms with Gasteiger partial charge in [-0.25, -0.2) is 15.0 Å². The molecule has 274 valence electrons. The zero-order valence-electron chi connectivity index (χ0n) is 31.5. The molecule has 6 nitrogen and oxygen atoms in total. The van der Waals surface area contributed by atoms with Gasteiger partial charge in [-0.05, 0) is 53.1 Å². The van der Waals surface area contributed by atoms with Crippen molar-refractivity contribution in [2.24, 2.45) is 0 Å². The number of ether oxygens (including phenoxy) is 1. The summed E-state index contributed by atoms with van der Waals surface area (Å²) in [6.45, 7) is 0. The average molecular weight is 754 g/mol. The van der Waals surface area contributed by atoms with Gasteiger partial charge >= 0.3 is 0 Å². The Balaban J connectivity index is 1.13. The predicted octanol–water partition coefficient (Wildman–Crippen LogP) is 12.3. The topological polar surface area (TPSA) is 76.6 Å². The van der Waals surface area contributed by atoms with Crippen LogP contribution in [0, 0.1) is 11.3 Å². The first-order valence-corrected chi connectivity index (χ1v) is 19.7. The molecule has 1 spiro atoms. The first-order valence-electron chi connectivity index (χ1n) is 19.7. The van der Waals surface area contributed by atoms with E-state index in [4.69, 9.17) is 19.7 Å². The second-order valence-corrected chi connectivity index (χ2v) is 15.0. The van der Waals surface area contributed by atoms with E-state index in [1.165, 1.54) is 11.1 Å². The van der Waals surface area contributed by atoms with Crippen LogP contribution in [0.15, 0.2) is 188 Å². The molecule has 0 saturated carbocycles. The minimum absolute atomic E-state index is 0.497. The van der Waals surface area contributed by atoms with Crippen LogP contribution in [0.4, 0.5) is 0 Å². The van der Waals surface area contributed by atoms with Crippen LogP contribution in [0.2, 0.25) is 0 Å². The molecule has 0 atom stereocenters. The van der Waals surface area contributed by atoms with Gasteiger partial charge in [-0.2, -0.15) is 5.26 Å². The van der Waals surface area contributed by atoms with E-state index < -0.39 is 5.41 Å². The van der Waals surface area contributed by atoms with Crippen molar-refractivity contribution in [3.05, 3.63) is 216 Å². The number of nitriles is 1. The molecule has 59 heavy (non-hydrogen) atoms. The number of para-hydroxylation sites is 3. The molecule has 0 N–H and O–H groups in total. The SMILES string of the molecule is N#Cc1cc(-c2nc(-c3ccccc3)nc(-c3ccccc3)n2)ccc1-n1c2ccccc2c2ccc3c(c21)-c1ccccc1C31c2ccccc2Oc2ccccc21. The highest BCUT2D eigenvalue weighted by atomic mass is 16.5. The number of benzene rings is 8. The zero-order valence-corrected chi connectivity index (χ0v) is 31.5. The largest absolute Gasteiger partial charge is 0.457 e. The van der Waals surface area contributed by atoms with Gasteiger partial charge in [0, 0.05) is 44.2 Å². The van der Waals surface area contributed by atoms with Gasteiger partial charge in [0.25, 0.3) is 0 Å². The maximum Gasteiger partial charge on any atom is 0.164 e. The molecule has 2 aliphatic rings. The van der Waals surface area contributed by atoms with Crippen LogP contribution in [-0.2, 0) is 5.41 Å². The Morgan fingerprint density at radius 1 is 0.475 bits per heavy atom. The number of aromatic nitrogens is 4. The van der Waals surface area contributed by atoms with Crippen LogP contribution in [0.5, 0.6) is 11.5 Å². The standard InChI is InChI=1S/C53H31N5O/c54-32-36-31-35(52-56-50(33-15-3-1-4-16-33)55-51(57-52)34-17-5-2-6-18-34)27-30-44(36)58-45-24-12-8-19-37(45)38-28-29-43-48(49(38)58)39-20-7-9-21-40(39)53(43)41-22-10-13-25-46(41)59-47-26-14-11-23-42(47)53/h1-31H. The molecule has 0 saturated heterocycles. The molecule has 1 aliphatic carbocycles. The first kappa shape index (κ1) is 33.0. The highest BCUT2D eigenvalue weighted by Crippen LogP contribution is 2.63. The van der Waals surface area contributed by atoms with Crippen molar-refractivity contribution in [1.82, 2.24) is 19.5 Å². The minimum Gasteiger partial charge on any atom is -0.457 e. The Labute approximate surface area is 339 Å². The van der Waals surface area contributed by atoms with Crippen molar-refractivity contribution in [1.29, 1.82) is 5.26 Å². The fourth-order valence-electron chi connectivity index (χ4n) is 9.54. The lowest BCUT2D eigenvalue weighted by Crippen LogP contribution is -2.32. The van der Waals surface area contributed by atoms with E-state index in [0.717, 1.165) is 77.9 Å². The molecule has 0 amide bonds. The lowest BCUT2D eigenvalue weighted by atomic mass is 9.66. The molecule has 3 heterocycles. The van der Waals surface area contributed by atoms with Crippen LogP contribution >= 0.6 is 0 Å². The lowest BCUT2D eigenvalue weighted by Gasteiger charge is -2.39. The van der Waals surface area contributed by atoms with E-state index in [1.807, 2.05) is 91.0 Å². The number of hydrogen-bond acceptors (Lipinski definition) is 5. The van der Waals surface area contributed by atoms with Crippen LogP contribution in [0.1, 0.15) is 27.8 Å². The second-order valence-electron chi connectivity index (χ2n) is 15.0. The summed E-state index contributed by atoms with van der Waals surface area (Å²) in [6, 6.07) is 67.1. The quantitative estimate of drug-likeness (QED) is 0.179. The van der Waals surface area contributed by atoms with Crippen molar-refractivity contribution in [2.75, 3.05) is 0 Å². The molecule has 0 bridgehead atoms. The highest BCUT2D eigenvalue weighted by Gasteiger charge is 2.51. The zero-order chi connectivity index (χ0) is 39.1. The third-order valence-electron chi connectivity index (χ3n) is 12.0. The number of fused-ring (bicyclic) bond motifs is 13. The van der Waals surface area contributed by atoms with E-state index in [1.54, 1.807) is 0 Å². The third kappa shape index (κ3) is 4.70. The predicted molar refractivity (Wildman–Crippen MR) is 233 cm³/mol. The van der Waals surface area contributed by atoms with E-state index in [9.17, 15) is 5.26 Å². The minimum atomic E-state index is -0.625. The van der Waals surface area contributed by atoms with Gasteiger partial charge in [0.15, 0.2) is 17.5 Å². The molecule has 1 aliphatic heterocycles.